The van der Waals surface area contributed by atoms with E-state index >= 15 is 33.6 Å². The van der Waals surface area contributed by atoms with E-state index in [-0.39, 0.29) is 114 Å². The molecule has 3 aliphatic rings. The first-order valence-electron chi connectivity index (χ1n) is 45.8. The van der Waals surface area contributed by atoms with Crippen molar-refractivity contribution in [1.29, 1.82) is 0 Å². The molecule has 134 heavy (non-hydrogen) atoms. The summed E-state index contributed by atoms with van der Waals surface area (Å²) in [5.74, 6) is -17.7. The minimum atomic E-state index is -1.77. The van der Waals surface area contributed by atoms with Crippen LogP contribution >= 0.6 is 0 Å². The maximum atomic E-state index is 16.0. The van der Waals surface area contributed by atoms with Gasteiger partial charge in [-0.05, 0) is 124 Å². The predicted molar refractivity (Wildman–Crippen MR) is 491 cm³/mol. The number of benzene rings is 3. The highest BCUT2D eigenvalue weighted by Gasteiger charge is 2.47. The molecule has 0 unspecified atom stereocenters. The molecule has 42 nitrogen and oxygen atoms in total. The molecular weight excluding hydrogens is 1740 g/mol. The average Bonchev–Trinajstić information content (AvgIpc) is 1.64. The molecule has 5 aromatic rings. The van der Waals surface area contributed by atoms with Crippen LogP contribution in [0.25, 0.3) is 21.8 Å². The number of aromatic amines is 1. The van der Waals surface area contributed by atoms with E-state index in [1.54, 1.807) is 82.4 Å². The molecule has 2 aromatic heterocycles. The Kier molecular flexibility index (Phi) is 39.7. The third kappa shape index (κ3) is 29.2. The second-order valence-corrected chi connectivity index (χ2v) is 35.7. The van der Waals surface area contributed by atoms with E-state index in [1.165, 1.54) is 68.0 Å². The van der Waals surface area contributed by atoms with Crippen molar-refractivity contribution in [2.45, 2.75) is 268 Å². The number of fused-ring (bicyclic) bond motifs is 4. The van der Waals surface area contributed by atoms with Crippen molar-refractivity contribution in [3.8, 4) is 5.75 Å². The number of H-pyrrole nitrogens is 1. The minimum absolute atomic E-state index is 0.00583. The molecule has 42 heteroatoms. The normalized spacial score (nSPS) is 24.9. The minimum Gasteiger partial charge on any atom is -0.508 e. The number of aromatic hydroxyl groups is 1. The quantitative estimate of drug-likeness (QED) is 0.0290. The van der Waals surface area contributed by atoms with Gasteiger partial charge in [0, 0.05) is 107 Å². The van der Waals surface area contributed by atoms with E-state index in [0.29, 0.717) is 64.2 Å². The van der Waals surface area contributed by atoms with E-state index < -0.39 is 236 Å². The lowest BCUT2D eigenvalue weighted by atomic mass is 9.99. The molecule has 0 spiro atoms. The molecule has 8 rings (SSSR count). The van der Waals surface area contributed by atoms with Crippen molar-refractivity contribution < 1.29 is 102 Å². The molecule has 0 radical (unpaired) electrons. The van der Waals surface area contributed by atoms with Crippen LogP contribution in [0.1, 0.15) is 168 Å². The Bertz CT molecular complexity index is 5040. The fourth-order valence-electron chi connectivity index (χ4n) is 17.1. The number of para-hydroxylation sites is 2. The van der Waals surface area contributed by atoms with Gasteiger partial charge in [0.2, 0.25) is 100 Å². The number of rotatable bonds is 26. The van der Waals surface area contributed by atoms with Crippen LogP contribution in [-0.4, -0.2) is 300 Å². The van der Waals surface area contributed by atoms with Crippen molar-refractivity contribution >= 4 is 128 Å². The van der Waals surface area contributed by atoms with E-state index in [9.17, 15) is 68.1 Å². The lowest BCUT2D eigenvalue weighted by molar-refractivity contribution is -0.149. The lowest BCUT2D eigenvalue weighted by Crippen LogP contribution is -2.62. The number of hydrogen-bond donors (Lipinski definition) is 18. The van der Waals surface area contributed by atoms with Crippen LogP contribution in [0, 0.1) is 11.8 Å². The number of nitrogens with one attached hydrogen (secondary N) is 11. The van der Waals surface area contributed by atoms with Crippen LogP contribution < -0.4 is 76.1 Å². The number of carbonyl (C=O) groups excluding carboxylic acids is 17. The monoisotopic (exact) mass is 1870 g/mol. The van der Waals surface area contributed by atoms with Crippen molar-refractivity contribution in [3.63, 3.8) is 0 Å². The number of phenols is 1. The van der Waals surface area contributed by atoms with Crippen LogP contribution in [0.5, 0.6) is 5.75 Å². The average molecular weight is 1870 g/mol. The number of aliphatic carboxylic acids is 1. The van der Waals surface area contributed by atoms with Gasteiger partial charge in [0.15, 0.2) is 0 Å². The van der Waals surface area contributed by atoms with Crippen LogP contribution in [0.15, 0.2) is 85.2 Å². The molecule has 0 bridgehead atoms. The lowest BCUT2D eigenvalue weighted by Gasteiger charge is -2.36. The molecule has 15 atom stereocenters. The summed E-state index contributed by atoms with van der Waals surface area (Å²) in [4.78, 5) is 271. The Hall–Kier alpha value is -13.1. The summed E-state index contributed by atoms with van der Waals surface area (Å²) in [6.45, 7) is 9.29. The smallest absolute Gasteiger partial charge is 0.323 e. The number of nitrogens with two attached hydrogens (primary N) is 4. The van der Waals surface area contributed by atoms with Gasteiger partial charge in [0.25, 0.3) is 0 Å². The van der Waals surface area contributed by atoms with E-state index in [2.05, 4.69) is 58.2 Å². The largest absolute Gasteiger partial charge is 0.508 e. The number of primary amides is 2. The van der Waals surface area contributed by atoms with Gasteiger partial charge in [-0.25, -0.2) is 0 Å². The van der Waals surface area contributed by atoms with Crippen LogP contribution in [-0.2, 0) is 112 Å². The highest BCUT2D eigenvalue weighted by Crippen LogP contribution is 2.29. The van der Waals surface area contributed by atoms with Crippen LogP contribution in [0.2, 0.25) is 0 Å². The molecule has 3 aromatic carbocycles. The number of carboxylic acids is 1. The van der Waals surface area contributed by atoms with E-state index in [4.69, 9.17) is 22.9 Å². The number of likely N-dealkylation sites (N-methyl/N-ethyl adjacent to an activating group) is 3. The second kappa shape index (κ2) is 50.1. The van der Waals surface area contributed by atoms with Crippen molar-refractivity contribution in [2.24, 2.45) is 34.8 Å². The molecular formula is C92H133N21O21. The second-order valence-electron chi connectivity index (χ2n) is 35.7. The molecule has 22 N–H and O–H groups in total. The molecule has 5 heterocycles. The number of nitrogens with zero attached hydrogens (tertiary/aromatic N) is 6. The molecule has 0 saturated carbocycles. The fraction of sp³-hybridized carbons (Fsp3) is 0.565. The van der Waals surface area contributed by atoms with Gasteiger partial charge in [0.1, 0.15) is 96.9 Å². The standard InChI is InChI=1S/C92H133N21O21/c1-11-13-25-71-85(127)102-63(37-50(3)4)82(124)100-61(80(122)98-46-76(96)117)24-19-29-77(118)99-66(39-53-30-32-56(114)33-31-53)88(130)108(8)52(7)79(121)104-68(43-75(95)116)90(132)112-36-20-28-72(112)86(128)107-69(44-94)84(126)105-65(38-51(5)6)91(133)113-48-57(115)42-74(113)87(129)103-64(40-54-45-97-60-23-17-15-21-58(54)60)83(125)101-62(34-35-93)81(123)106-67(89(131)110(10)73(26-14-12-2)92(134)109(71)9)41-55-47-111(49-78(119)120)70-27-18-16-22-59(55)70/h15-18,21-23,27,30-33,45,47,50-52,57,61-69,71-74,97,114-115H,11-14,19-20,24-26,28-29,34-44,46,48-49,93-94H2,1-10H3,(H2,95,116)(H2,96,117)(H,98,122)(H,99,118)(H,100,124)(H,101,125)(H,102,127)(H,103,129)(H,104,121)(H,105,126)(H,106,123)(H,107,128)(H,119,120)/t52-,57+,61-,62-,63-,64-,65-,66-,67-,68-,69-,71-,72-,73-,74-/m0/s1. The van der Waals surface area contributed by atoms with Gasteiger partial charge >= 0.3 is 5.97 Å². The van der Waals surface area contributed by atoms with Gasteiger partial charge < -0.3 is 125 Å². The molecule has 3 fully saturated rings. The summed E-state index contributed by atoms with van der Waals surface area (Å²) in [7, 11) is 3.92. The van der Waals surface area contributed by atoms with Gasteiger partial charge in [-0.2, -0.15) is 0 Å². The zero-order valence-electron chi connectivity index (χ0n) is 77.8. The first-order valence-corrected chi connectivity index (χ1v) is 45.8. The van der Waals surface area contributed by atoms with Crippen molar-refractivity contribution in [2.75, 3.05) is 53.9 Å². The molecule has 0 aliphatic carbocycles. The first kappa shape index (κ1) is 106. The van der Waals surface area contributed by atoms with Gasteiger partial charge in [0.05, 0.1) is 19.1 Å². The summed E-state index contributed by atoms with van der Waals surface area (Å²) in [5.41, 5.74) is 25.9. The molecule has 17 amide bonds. The third-order valence-electron chi connectivity index (χ3n) is 24.5. The van der Waals surface area contributed by atoms with Crippen molar-refractivity contribution in [3.05, 3.63) is 102 Å². The summed E-state index contributed by atoms with van der Waals surface area (Å²) >= 11 is 0. The Balaban J connectivity index is 1.21. The summed E-state index contributed by atoms with van der Waals surface area (Å²) in [6, 6.07) is -2.03. The topological polar surface area (TPSA) is 629 Å². The number of aromatic nitrogens is 2. The Morgan fingerprint density at radius 1 is 0.522 bits per heavy atom. The number of carboxylic acid groups (broad SMARTS) is 1. The highest BCUT2D eigenvalue weighted by molar-refractivity contribution is 6.03. The number of phenolic OH excluding ortho intramolecular Hbond substituents is 1. The molecule has 3 aliphatic heterocycles. The molecule has 732 valence electrons. The van der Waals surface area contributed by atoms with Crippen LogP contribution in [0.3, 0.4) is 0 Å². The summed E-state index contributed by atoms with van der Waals surface area (Å²) in [5, 5.41) is 59.5. The highest BCUT2D eigenvalue weighted by atomic mass is 16.4. The van der Waals surface area contributed by atoms with Gasteiger partial charge in [-0.3, -0.25) is 86.3 Å². The van der Waals surface area contributed by atoms with Crippen LogP contribution in [0.4, 0.5) is 0 Å². The number of aliphatic hydroxyl groups excluding tert-OH is 1. The molecule has 3 saturated heterocycles. The zero-order chi connectivity index (χ0) is 98.6. The zero-order valence-corrected chi connectivity index (χ0v) is 77.8. The fourth-order valence-corrected chi connectivity index (χ4v) is 17.1. The Labute approximate surface area is 777 Å². The van der Waals surface area contributed by atoms with E-state index in [0.717, 1.165) is 19.6 Å². The predicted octanol–water partition coefficient (Wildman–Crippen LogP) is -1.80. The number of carbonyl (C=O) groups is 18. The number of hydrogen-bond acceptors (Lipinski definition) is 22. The summed E-state index contributed by atoms with van der Waals surface area (Å²) in [6.07, 6.45) is 0.0199. The Morgan fingerprint density at radius 3 is 1.71 bits per heavy atom. The summed E-state index contributed by atoms with van der Waals surface area (Å²) < 4.78 is 1.44. The number of amides is 17. The van der Waals surface area contributed by atoms with Crippen molar-refractivity contribution in [1.82, 2.24) is 87.2 Å². The number of aliphatic hydroxyl groups is 1. The SMILES string of the molecule is CCCC[C@H]1C(=O)N(C)[C@@H](CCCC)C(=O)N[C@@H](CC(C)C)C(=O)N[C@H](C(=O)NCC(N)=O)CCCC(=O)N[C@@H](Cc2ccc(O)cc2)C(=O)N(C)[C@@H](C)C(=O)N[C@@H](CC(N)=O)C(=O)N2CCC[C@H]2C(=O)N[C@@H](CN)C(=O)N[C@@H](CC(C)C)C(=O)N2C[C@H](O)C[C@H]2C(=O)N[C@@H](Cc2c[nH]c3ccccc23)C(=O)N[C@@H](CCN)C(=O)N[C@@H](Cc2cn(CC(=O)O)c3ccccc23)C(=O)N1C. The first-order chi connectivity index (χ1) is 63.6. The number of unbranched alkanes of at least 4 members (excludes halogenated alkanes) is 2. The third-order valence-corrected chi connectivity index (χ3v) is 24.5. The van der Waals surface area contributed by atoms with Gasteiger partial charge in [-0.15, -0.1) is 0 Å². The maximum Gasteiger partial charge on any atom is 0.323 e. The van der Waals surface area contributed by atoms with E-state index in [1.807, 2.05) is 13.8 Å². The van der Waals surface area contributed by atoms with Gasteiger partial charge in [-0.1, -0.05) is 116 Å². The Morgan fingerprint density at radius 2 is 1.07 bits per heavy atom. The maximum absolute atomic E-state index is 16.0.